The maximum atomic E-state index is 12.4. The van der Waals surface area contributed by atoms with E-state index in [4.69, 9.17) is 11.5 Å². The lowest BCUT2D eigenvalue weighted by Crippen LogP contribution is -2.46. The van der Waals surface area contributed by atoms with Crippen LogP contribution in [0, 0.1) is 0 Å². The van der Waals surface area contributed by atoms with Gasteiger partial charge in [0, 0.05) is 19.3 Å². The molecule has 3 aromatic rings. The lowest BCUT2D eigenvalue weighted by atomic mass is 9.97. The molecule has 0 aliphatic rings. The highest BCUT2D eigenvalue weighted by Gasteiger charge is 2.35. The Hall–Kier alpha value is -5.23. The Kier molecular flexibility index (Phi) is 20.6. The van der Waals surface area contributed by atoms with E-state index in [-0.39, 0.29) is 24.3 Å². The zero-order chi connectivity index (χ0) is 38.2. The van der Waals surface area contributed by atoms with Gasteiger partial charge in [-0.1, -0.05) is 118 Å². The molecule has 0 spiro atoms. The van der Waals surface area contributed by atoms with E-state index in [0.29, 0.717) is 25.8 Å². The number of nitrogens with two attached hydrogens (primary N) is 3. The van der Waals surface area contributed by atoms with Crippen LogP contribution in [0.15, 0.2) is 110 Å². The number of carbonyl (C=O) groups is 4. The summed E-state index contributed by atoms with van der Waals surface area (Å²) in [4.78, 5) is 44.6. The highest BCUT2D eigenvalue weighted by atomic mass is 19.4. The molecule has 2 atom stereocenters. The maximum Gasteiger partial charge on any atom is 0.391 e. The zero-order valence-corrected chi connectivity index (χ0v) is 29.1. The lowest BCUT2D eigenvalue weighted by molar-refractivity contribution is -0.150. The van der Waals surface area contributed by atoms with Gasteiger partial charge in [-0.25, -0.2) is 0 Å². The van der Waals surface area contributed by atoms with E-state index in [2.05, 4.69) is 24.2 Å². The van der Waals surface area contributed by atoms with Crippen molar-refractivity contribution in [1.82, 2.24) is 10.6 Å². The molecule has 0 aliphatic carbocycles. The summed E-state index contributed by atoms with van der Waals surface area (Å²) in [5.74, 6) is -2.05. The number of fused-ring (bicyclic) bond motifs is 1. The van der Waals surface area contributed by atoms with Crippen molar-refractivity contribution in [2.45, 2.75) is 76.6 Å². The molecule has 276 valence electrons. The Morgan fingerprint density at radius 1 is 0.824 bits per heavy atom. The van der Waals surface area contributed by atoms with Crippen LogP contribution in [0.5, 0.6) is 0 Å². The molecule has 0 saturated carbocycles. The van der Waals surface area contributed by atoms with E-state index in [1.165, 1.54) is 0 Å². The molecule has 0 fully saturated rings. The topological polar surface area (TPSA) is 170 Å². The van der Waals surface area contributed by atoms with E-state index < -0.39 is 30.5 Å². The van der Waals surface area contributed by atoms with E-state index in [1.807, 2.05) is 84.2 Å². The number of halogens is 3. The van der Waals surface area contributed by atoms with Crippen LogP contribution in [0.4, 0.5) is 13.2 Å². The number of hydrogen-bond donors (Lipinski definition) is 5. The van der Waals surface area contributed by atoms with Crippen molar-refractivity contribution in [2.75, 3.05) is 6.54 Å². The van der Waals surface area contributed by atoms with Gasteiger partial charge in [0.05, 0.1) is 12.5 Å². The van der Waals surface area contributed by atoms with Crippen molar-refractivity contribution >= 4 is 34.4 Å². The van der Waals surface area contributed by atoms with Crippen LogP contribution < -0.4 is 27.8 Å². The number of amides is 4. The summed E-state index contributed by atoms with van der Waals surface area (Å²) in [5, 5.41) is 7.21. The van der Waals surface area contributed by atoms with Crippen molar-refractivity contribution in [3.8, 4) is 0 Å². The number of benzene rings is 3. The SMILES string of the molecule is C=C/C=C(\C=C)C(NC(=O)CCCCCN)c1ccccc1.CCC(N)=O.NC(=O)C(CC(F)(F)F)NC(=O)CCc1ccc2ccccc2c1. The second kappa shape index (κ2) is 24.0. The van der Waals surface area contributed by atoms with Gasteiger partial charge < -0.3 is 27.8 Å². The Balaban J connectivity index is 0.000000452. The van der Waals surface area contributed by atoms with E-state index in [9.17, 15) is 32.3 Å². The molecule has 3 aromatic carbocycles. The molecular weight excluding hydrogens is 659 g/mol. The molecule has 0 radical (unpaired) electrons. The molecule has 9 nitrogen and oxygen atoms in total. The summed E-state index contributed by atoms with van der Waals surface area (Å²) in [6.07, 6.45) is 3.39. The molecule has 0 saturated heterocycles. The fraction of sp³-hybridized carbons (Fsp3) is 0.333. The summed E-state index contributed by atoms with van der Waals surface area (Å²) >= 11 is 0. The van der Waals surface area contributed by atoms with E-state index in [0.717, 1.165) is 46.7 Å². The number of rotatable bonds is 17. The average molecular weight is 710 g/mol. The smallest absolute Gasteiger partial charge is 0.370 e. The molecule has 12 heteroatoms. The Morgan fingerprint density at radius 3 is 1.98 bits per heavy atom. The van der Waals surface area contributed by atoms with Crippen molar-refractivity contribution in [1.29, 1.82) is 0 Å². The molecule has 51 heavy (non-hydrogen) atoms. The summed E-state index contributed by atoms with van der Waals surface area (Å²) < 4.78 is 37.1. The molecule has 0 aromatic heterocycles. The van der Waals surface area contributed by atoms with Crippen molar-refractivity contribution < 1.29 is 32.3 Å². The first-order valence-corrected chi connectivity index (χ1v) is 16.6. The molecular formula is C39H50F3N5O4. The first-order chi connectivity index (χ1) is 24.2. The normalized spacial score (nSPS) is 12.1. The van der Waals surface area contributed by atoms with Crippen molar-refractivity contribution in [2.24, 2.45) is 17.2 Å². The first kappa shape index (κ1) is 43.8. The summed E-state index contributed by atoms with van der Waals surface area (Å²) in [6, 6.07) is 21.3. The lowest BCUT2D eigenvalue weighted by Gasteiger charge is -2.20. The number of allylic oxidation sites excluding steroid dienone is 2. The number of alkyl halides is 3. The fourth-order valence-corrected chi connectivity index (χ4v) is 4.64. The summed E-state index contributed by atoms with van der Waals surface area (Å²) in [7, 11) is 0. The maximum absolute atomic E-state index is 12.4. The van der Waals surface area contributed by atoms with Gasteiger partial charge >= 0.3 is 6.18 Å². The average Bonchev–Trinajstić information content (AvgIpc) is 3.10. The Labute approximate surface area is 298 Å². The van der Waals surface area contributed by atoms with Crippen LogP contribution in [0.1, 0.15) is 69.0 Å². The number of unbranched alkanes of at least 4 members (excludes halogenated alkanes) is 2. The number of carbonyl (C=O) groups excluding carboxylic acids is 4. The standard InChI is InChI=1S/C19H26N2O.C17H17F3N2O2.C3H7NO/c1-3-11-16(4-2)19(17-12-7-5-8-13-17)21-18(22)14-9-6-10-15-20;18-17(19,20)10-14(16(21)24)22-15(23)8-6-11-5-7-12-3-1-2-4-13(12)9-11;1-2-3(4)5/h3-5,7-8,11-13,19H,1-2,6,9-10,14-15,20H2,(H,21,22);1-5,7,9,14H,6,8,10H2,(H2,21,24)(H,22,23);2H2,1H3,(H2,4,5)/b16-11+;;. The van der Waals surface area contributed by atoms with Gasteiger partial charge in [0.15, 0.2) is 0 Å². The van der Waals surface area contributed by atoms with E-state index >= 15 is 0 Å². The van der Waals surface area contributed by atoms with Crippen LogP contribution in [0.25, 0.3) is 10.8 Å². The zero-order valence-electron chi connectivity index (χ0n) is 29.1. The number of hydrogen-bond acceptors (Lipinski definition) is 5. The van der Waals surface area contributed by atoms with Crippen LogP contribution in [0.3, 0.4) is 0 Å². The molecule has 2 unspecified atom stereocenters. The molecule has 4 amide bonds. The van der Waals surface area contributed by atoms with Crippen molar-refractivity contribution in [3.05, 3.63) is 121 Å². The van der Waals surface area contributed by atoms with Crippen LogP contribution in [0.2, 0.25) is 0 Å². The van der Waals surface area contributed by atoms with E-state index in [1.54, 1.807) is 19.1 Å². The minimum atomic E-state index is -4.58. The van der Waals surface area contributed by atoms with Gasteiger partial charge in [0.25, 0.3) is 0 Å². The minimum absolute atomic E-state index is 0.0278. The highest BCUT2D eigenvalue weighted by molar-refractivity contribution is 5.87. The number of primary amides is 2. The molecule has 0 heterocycles. The largest absolute Gasteiger partial charge is 0.391 e. The van der Waals surface area contributed by atoms with Gasteiger partial charge in [0.1, 0.15) is 6.04 Å². The van der Waals surface area contributed by atoms with Crippen molar-refractivity contribution in [3.63, 3.8) is 0 Å². The second-order valence-electron chi connectivity index (χ2n) is 11.5. The third-order valence-electron chi connectivity index (χ3n) is 7.34. The Bertz CT molecular complexity index is 1590. The van der Waals surface area contributed by atoms with Gasteiger partial charge in [-0.05, 0) is 53.3 Å². The summed E-state index contributed by atoms with van der Waals surface area (Å²) in [6.45, 7) is 9.97. The van der Waals surface area contributed by atoms with Crippen LogP contribution in [-0.4, -0.2) is 42.4 Å². The third-order valence-corrected chi connectivity index (χ3v) is 7.34. The molecule has 0 aliphatic heterocycles. The molecule has 3 rings (SSSR count). The molecule has 8 N–H and O–H groups in total. The molecule has 0 bridgehead atoms. The van der Waals surface area contributed by atoms with Gasteiger partial charge in [-0.3, -0.25) is 19.2 Å². The summed E-state index contributed by atoms with van der Waals surface area (Å²) in [5.41, 5.74) is 17.9. The van der Waals surface area contributed by atoms with Crippen LogP contribution in [-0.2, 0) is 25.6 Å². The quantitative estimate of drug-likeness (QED) is 0.0824. The second-order valence-corrected chi connectivity index (χ2v) is 11.5. The van der Waals surface area contributed by atoms with Crippen LogP contribution >= 0.6 is 0 Å². The predicted molar refractivity (Wildman–Crippen MR) is 197 cm³/mol. The highest BCUT2D eigenvalue weighted by Crippen LogP contribution is 2.24. The number of aryl methyl sites for hydroxylation is 1. The third kappa shape index (κ3) is 18.9. The fourth-order valence-electron chi connectivity index (χ4n) is 4.64. The minimum Gasteiger partial charge on any atom is -0.370 e. The Morgan fingerprint density at radius 2 is 1.43 bits per heavy atom. The van der Waals surface area contributed by atoms with Gasteiger partial charge in [-0.2, -0.15) is 13.2 Å². The monoisotopic (exact) mass is 709 g/mol. The first-order valence-electron chi connectivity index (χ1n) is 16.6. The number of nitrogens with one attached hydrogen (secondary N) is 2. The predicted octanol–water partition coefficient (Wildman–Crippen LogP) is 6.24. The van der Waals surface area contributed by atoms with Gasteiger partial charge in [0.2, 0.25) is 23.6 Å². The van der Waals surface area contributed by atoms with Gasteiger partial charge in [-0.15, -0.1) is 0 Å².